The summed E-state index contributed by atoms with van der Waals surface area (Å²) in [5, 5.41) is 5.59. The predicted molar refractivity (Wildman–Crippen MR) is 121 cm³/mol. The molecule has 1 heterocycles. The molecule has 7 nitrogen and oxygen atoms in total. The van der Waals surface area contributed by atoms with Crippen molar-refractivity contribution in [2.75, 3.05) is 10.6 Å². The number of nitrogens with zero attached hydrogens (tertiary/aromatic N) is 1. The zero-order valence-corrected chi connectivity index (χ0v) is 17.5. The van der Waals surface area contributed by atoms with Crippen LogP contribution in [0.3, 0.4) is 0 Å². The van der Waals surface area contributed by atoms with Crippen LogP contribution in [-0.2, 0) is 20.9 Å². The van der Waals surface area contributed by atoms with Gasteiger partial charge in [0.15, 0.2) is 12.1 Å². The fourth-order valence-corrected chi connectivity index (χ4v) is 3.69. The highest BCUT2D eigenvalue weighted by atomic mass is 16.6. The minimum Gasteiger partial charge on any atom is -0.438 e. The van der Waals surface area contributed by atoms with Gasteiger partial charge < -0.3 is 15.4 Å². The summed E-state index contributed by atoms with van der Waals surface area (Å²) in [5.41, 5.74) is 2.81. The molecule has 0 spiro atoms. The molecule has 3 amide bonds. The van der Waals surface area contributed by atoms with Gasteiger partial charge in [-0.1, -0.05) is 60.7 Å². The molecule has 2 N–H and O–H groups in total. The Morgan fingerprint density at radius 1 is 0.844 bits per heavy atom. The summed E-state index contributed by atoms with van der Waals surface area (Å²) in [5.74, 6) is -0.520. The third-order valence-corrected chi connectivity index (χ3v) is 5.15. The molecule has 0 saturated carbocycles. The molecule has 4 rings (SSSR count). The Morgan fingerprint density at radius 3 is 2.06 bits per heavy atom. The van der Waals surface area contributed by atoms with E-state index in [1.54, 1.807) is 36.4 Å². The van der Waals surface area contributed by atoms with Crippen molar-refractivity contribution in [3.8, 4) is 0 Å². The second-order valence-electron chi connectivity index (χ2n) is 7.52. The van der Waals surface area contributed by atoms with Crippen LogP contribution in [0.2, 0.25) is 0 Å². The first-order valence-electron chi connectivity index (χ1n) is 10.3. The number of carbonyl (C=O) groups excluding carboxylic acids is 3. The average Bonchev–Trinajstić information content (AvgIpc) is 3.11. The van der Waals surface area contributed by atoms with Gasteiger partial charge in [-0.15, -0.1) is 0 Å². The van der Waals surface area contributed by atoms with Crippen molar-refractivity contribution in [2.45, 2.75) is 25.6 Å². The minimum absolute atomic E-state index is 0.181. The molecule has 2 unspecified atom stereocenters. The van der Waals surface area contributed by atoms with Gasteiger partial charge in [0, 0.05) is 18.3 Å². The van der Waals surface area contributed by atoms with Crippen molar-refractivity contribution < 1.29 is 19.1 Å². The van der Waals surface area contributed by atoms with E-state index in [1.165, 1.54) is 11.8 Å². The number of hydrogen-bond donors (Lipinski definition) is 2. The monoisotopic (exact) mass is 429 g/mol. The van der Waals surface area contributed by atoms with E-state index in [2.05, 4.69) is 10.6 Å². The van der Waals surface area contributed by atoms with Crippen molar-refractivity contribution in [1.29, 1.82) is 0 Å². The number of cyclic esters (lactones) is 1. The normalized spacial score (nSPS) is 17.5. The predicted octanol–water partition coefficient (Wildman–Crippen LogP) is 4.35. The molecule has 2 atom stereocenters. The molecule has 32 heavy (non-hydrogen) atoms. The number of amides is 3. The van der Waals surface area contributed by atoms with Gasteiger partial charge in [-0.3, -0.25) is 14.5 Å². The molecule has 3 aromatic rings. The highest BCUT2D eigenvalue weighted by Gasteiger charge is 2.47. The number of anilines is 2. The Labute approximate surface area is 186 Å². The van der Waals surface area contributed by atoms with Crippen LogP contribution in [0.1, 0.15) is 24.2 Å². The summed E-state index contributed by atoms with van der Waals surface area (Å²) in [4.78, 5) is 38.9. The molecule has 3 aromatic carbocycles. The first-order chi connectivity index (χ1) is 15.5. The molecular formula is C25H23N3O4. The van der Waals surface area contributed by atoms with E-state index in [0.717, 1.165) is 5.56 Å². The Kier molecular flexibility index (Phi) is 6.17. The van der Waals surface area contributed by atoms with Gasteiger partial charge in [0.1, 0.15) is 0 Å². The summed E-state index contributed by atoms with van der Waals surface area (Å²) in [6, 6.07) is 24.6. The van der Waals surface area contributed by atoms with Crippen LogP contribution in [0, 0.1) is 0 Å². The molecule has 0 radical (unpaired) electrons. The summed E-state index contributed by atoms with van der Waals surface area (Å²) in [7, 11) is 0. The summed E-state index contributed by atoms with van der Waals surface area (Å²) >= 11 is 0. The second kappa shape index (κ2) is 9.34. The summed E-state index contributed by atoms with van der Waals surface area (Å²) in [6.45, 7) is 1.67. The fraction of sp³-hybridized carbons (Fsp3) is 0.160. The second-order valence-corrected chi connectivity index (χ2v) is 7.52. The molecular weight excluding hydrogens is 406 g/mol. The maximum atomic E-state index is 13.3. The van der Waals surface area contributed by atoms with Crippen LogP contribution in [0.4, 0.5) is 16.2 Å². The lowest BCUT2D eigenvalue weighted by molar-refractivity contribution is -0.121. The van der Waals surface area contributed by atoms with E-state index in [0.29, 0.717) is 16.9 Å². The Morgan fingerprint density at radius 2 is 1.44 bits per heavy atom. The van der Waals surface area contributed by atoms with Gasteiger partial charge >= 0.3 is 6.09 Å². The standard InChI is InChI=1S/C25H23N3O4/c1-17(29)26-21-14-12-19(13-15-21)23-22(24(30)27-20-10-6-3-7-11-20)28(25(31)32-23)16-18-8-4-2-5-9-18/h2-15,22-23H,16H2,1H3,(H,26,29)(H,27,30). The molecule has 0 aliphatic carbocycles. The minimum atomic E-state index is -0.866. The van der Waals surface area contributed by atoms with Crippen LogP contribution in [0.15, 0.2) is 84.9 Å². The summed E-state index contributed by atoms with van der Waals surface area (Å²) in [6.07, 6.45) is -1.35. The first kappa shape index (κ1) is 21.1. The number of nitrogens with one attached hydrogen (secondary N) is 2. The third kappa shape index (κ3) is 4.78. The Bertz CT molecular complexity index is 1100. The lowest BCUT2D eigenvalue weighted by Gasteiger charge is -2.24. The molecule has 1 aliphatic heterocycles. The van der Waals surface area contributed by atoms with Gasteiger partial charge in [0.2, 0.25) is 5.91 Å². The molecule has 7 heteroatoms. The van der Waals surface area contributed by atoms with Crippen LogP contribution in [-0.4, -0.2) is 28.8 Å². The van der Waals surface area contributed by atoms with Gasteiger partial charge in [0.05, 0.1) is 6.54 Å². The fourth-order valence-electron chi connectivity index (χ4n) is 3.69. The number of hydrogen-bond acceptors (Lipinski definition) is 4. The quantitative estimate of drug-likeness (QED) is 0.610. The molecule has 1 aliphatic rings. The zero-order chi connectivity index (χ0) is 22.5. The van der Waals surface area contributed by atoms with Gasteiger partial charge in [0.25, 0.3) is 5.91 Å². The first-order valence-corrected chi connectivity index (χ1v) is 10.3. The third-order valence-electron chi connectivity index (χ3n) is 5.15. The zero-order valence-electron chi connectivity index (χ0n) is 17.5. The number of benzene rings is 3. The Hall–Kier alpha value is -4.13. The highest BCUT2D eigenvalue weighted by molar-refractivity contribution is 5.98. The molecule has 0 bridgehead atoms. The number of para-hydroxylation sites is 1. The average molecular weight is 429 g/mol. The van der Waals surface area contributed by atoms with Gasteiger partial charge in [-0.2, -0.15) is 0 Å². The van der Waals surface area contributed by atoms with E-state index in [9.17, 15) is 14.4 Å². The SMILES string of the molecule is CC(=O)Nc1ccc(C2OC(=O)N(Cc3ccccc3)C2C(=O)Nc2ccccc2)cc1. The number of carbonyl (C=O) groups is 3. The molecule has 1 fully saturated rings. The molecule has 0 aromatic heterocycles. The van der Waals surface area contributed by atoms with Crippen molar-refractivity contribution in [1.82, 2.24) is 4.90 Å². The molecule has 162 valence electrons. The number of rotatable bonds is 6. The maximum absolute atomic E-state index is 13.3. The van der Waals surface area contributed by atoms with Crippen LogP contribution < -0.4 is 10.6 Å². The van der Waals surface area contributed by atoms with Crippen molar-refractivity contribution >= 4 is 29.3 Å². The largest absolute Gasteiger partial charge is 0.438 e. The van der Waals surface area contributed by atoms with E-state index < -0.39 is 18.2 Å². The van der Waals surface area contributed by atoms with Crippen molar-refractivity contribution in [3.05, 3.63) is 96.1 Å². The van der Waals surface area contributed by atoms with Crippen molar-refractivity contribution in [2.24, 2.45) is 0 Å². The smallest absolute Gasteiger partial charge is 0.411 e. The van der Waals surface area contributed by atoms with Crippen LogP contribution >= 0.6 is 0 Å². The molecule has 1 saturated heterocycles. The van der Waals surface area contributed by atoms with Crippen molar-refractivity contribution in [3.63, 3.8) is 0 Å². The van der Waals surface area contributed by atoms with Gasteiger partial charge in [-0.05, 0) is 35.4 Å². The van der Waals surface area contributed by atoms with Crippen LogP contribution in [0.5, 0.6) is 0 Å². The maximum Gasteiger partial charge on any atom is 0.411 e. The highest BCUT2D eigenvalue weighted by Crippen LogP contribution is 2.35. The van der Waals surface area contributed by atoms with Gasteiger partial charge in [-0.25, -0.2) is 4.79 Å². The lowest BCUT2D eigenvalue weighted by Crippen LogP contribution is -2.43. The summed E-state index contributed by atoms with van der Waals surface area (Å²) < 4.78 is 5.66. The lowest BCUT2D eigenvalue weighted by atomic mass is 10.00. The van der Waals surface area contributed by atoms with E-state index in [1.807, 2.05) is 48.5 Å². The Balaban J connectivity index is 1.63. The van der Waals surface area contributed by atoms with Crippen LogP contribution in [0.25, 0.3) is 0 Å². The topological polar surface area (TPSA) is 87.7 Å². The van der Waals surface area contributed by atoms with E-state index in [-0.39, 0.29) is 18.4 Å². The van der Waals surface area contributed by atoms with E-state index >= 15 is 0 Å². The van der Waals surface area contributed by atoms with E-state index in [4.69, 9.17) is 4.74 Å². The number of ether oxygens (including phenoxy) is 1.